The van der Waals surface area contributed by atoms with Crippen molar-refractivity contribution in [2.45, 2.75) is 57.6 Å². The van der Waals surface area contributed by atoms with E-state index in [0.717, 1.165) is 18.7 Å². The van der Waals surface area contributed by atoms with Gasteiger partial charge in [-0.2, -0.15) is 4.98 Å². The van der Waals surface area contributed by atoms with Gasteiger partial charge in [0, 0.05) is 11.5 Å². The molecule has 1 aromatic heterocycles. The van der Waals surface area contributed by atoms with Gasteiger partial charge in [-0.15, -0.1) is 0 Å². The second kappa shape index (κ2) is 5.14. The molecule has 0 aliphatic heterocycles. The van der Waals surface area contributed by atoms with Gasteiger partial charge in [0.1, 0.15) is 6.61 Å². The zero-order chi connectivity index (χ0) is 12.3. The lowest BCUT2D eigenvalue weighted by molar-refractivity contribution is 0.0646. The van der Waals surface area contributed by atoms with E-state index in [9.17, 15) is 0 Å². The SMILES string of the molecule is CCC(N)(CC)COCc1noc(C2CC2)n1. The molecular weight excluding hydrogens is 218 g/mol. The first-order chi connectivity index (χ1) is 8.17. The van der Waals surface area contributed by atoms with E-state index in [1.807, 2.05) is 0 Å². The first-order valence-electron chi connectivity index (χ1n) is 6.36. The summed E-state index contributed by atoms with van der Waals surface area (Å²) >= 11 is 0. The van der Waals surface area contributed by atoms with Crippen molar-refractivity contribution in [2.24, 2.45) is 5.73 Å². The minimum atomic E-state index is -0.233. The Balaban J connectivity index is 1.77. The van der Waals surface area contributed by atoms with Crippen LogP contribution in [-0.2, 0) is 11.3 Å². The van der Waals surface area contributed by atoms with Crippen LogP contribution in [0.1, 0.15) is 57.2 Å². The quantitative estimate of drug-likeness (QED) is 0.787. The van der Waals surface area contributed by atoms with Crippen molar-refractivity contribution < 1.29 is 9.26 Å². The fraction of sp³-hybridized carbons (Fsp3) is 0.833. The smallest absolute Gasteiger partial charge is 0.229 e. The summed E-state index contributed by atoms with van der Waals surface area (Å²) in [6.07, 6.45) is 4.15. The summed E-state index contributed by atoms with van der Waals surface area (Å²) in [6, 6.07) is 0. The Bertz CT molecular complexity index is 356. The van der Waals surface area contributed by atoms with E-state index >= 15 is 0 Å². The third kappa shape index (κ3) is 3.26. The molecule has 2 N–H and O–H groups in total. The van der Waals surface area contributed by atoms with Crippen molar-refractivity contribution in [3.8, 4) is 0 Å². The van der Waals surface area contributed by atoms with Crippen LogP contribution in [0, 0.1) is 0 Å². The Labute approximate surface area is 102 Å². The van der Waals surface area contributed by atoms with Crippen LogP contribution >= 0.6 is 0 Å². The average molecular weight is 239 g/mol. The lowest BCUT2D eigenvalue weighted by Crippen LogP contribution is -2.43. The van der Waals surface area contributed by atoms with Crippen LogP contribution in [0.3, 0.4) is 0 Å². The van der Waals surface area contributed by atoms with Crippen molar-refractivity contribution in [1.82, 2.24) is 10.1 Å². The molecule has 0 atom stereocenters. The molecule has 1 saturated carbocycles. The zero-order valence-electron chi connectivity index (χ0n) is 10.6. The molecule has 2 rings (SSSR count). The fourth-order valence-corrected chi connectivity index (χ4v) is 1.62. The minimum Gasteiger partial charge on any atom is -0.371 e. The Morgan fingerprint density at radius 1 is 1.41 bits per heavy atom. The standard InChI is InChI=1S/C12H21N3O2/c1-3-12(13,4-2)8-16-7-10-14-11(17-15-10)9-5-6-9/h9H,3-8,13H2,1-2H3. The summed E-state index contributed by atoms with van der Waals surface area (Å²) in [5.41, 5.74) is 5.90. The van der Waals surface area contributed by atoms with E-state index < -0.39 is 0 Å². The number of hydrogen-bond donors (Lipinski definition) is 1. The minimum absolute atomic E-state index is 0.233. The van der Waals surface area contributed by atoms with Crippen molar-refractivity contribution >= 4 is 0 Å². The predicted molar refractivity (Wildman–Crippen MR) is 63.4 cm³/mol. The highest BCUT2D eigenvalue weighted by atomic mass is 16.5. The Morgan fingerprint density at radius 3 is 2.71 bits per heavy atom. The van der Waals surface area contributed by atoms with Crippen molar-refractivity contribution in [1.29, 1.82) is 0 Å². The third-order valence-electron chi connectivity index (χ3n) is 3.44. The molecule has 1 heterocycles. The van der Waals surface area contributed by atoms with Crippen LogP contribution in [0.4, 0.5) is 0 Å². The number of rotatable bonds is 7. The van der Waals surface area contributed by atoms with Crippen LogP contribution in [0.15, 0.2) is 4.52 Å². The van der Waals surface area contributed by atoms with Crippen molar-refractivity contribution in [3.63, 3.8) is 0 Å². The summed E-state index contributed by atoms with van der Waals surface area (Å²) in [5, 5.41) is 3.90. The Hall–Kier alpha value is -0.940. The summed E-state index contributed by atoms with van der Waals surface area (Å²) in [4.78, 5) is 4.30. The maximum Gasteiger partial charge on any atom is 0.229 e. The second-order valence-electron chi connectivity index (χ2n) is 4.89. The number of aromatic nitrogens is 2. The van der Waals surface area contributed by atoms with Gasteiger partial charge in [-0.3, -0.25) is 0 Å². The maximum absolute atomic E-state index is 6.13. The molecule has 17 heavy (non-hydrogen) atoms. The third-order valence-corrected chi connectivity index (χ3v) is 3.44. The van der Waals surface area contributed by atoms with Gasteiger partial charge in [0.2, 0.25) is 5.89 Å². The van der Waals surface area contributed by atoms with Gasteiger partial charge in [0.25, 0.3) is 0 Å². The summed E-state index contributed by atoms with van der Waals surface area (Å²) < 4.78 is 10.7. The van der Waals surface area contributed by atoms with Crippen LogP contribution in [0.5, 0.6) is 0 Å². The highest BCUT2D eigenvalue weighted by Crippen LogP contribution is 2.38. The van der Waals surface area contributed by atoms with E-state index in [-0.39, 0.29) is 5.54 Å². The number of hydrogen-bond acceptors (Lipinski definition) is 5. The highest BCUT2D eigenvalue weighted by molar-refractivity contribution is 5.01. The molecule has 0 aromatic carbocycles. The van der Waals surface area contributed by atoms with E-state index in [0.29, 0.717) is 25.0 Å². The van der Waals surface area contributed by atoms with E-state index in [1.165, 1.54) is 12.8 Å². The van der Waals surface area contributed by atoms with Crippen LogP contribution in [0.25, 0.3) is 0 Å². The van der Waals surface area contributed by atoms with Crippen LogP contribution < -0.4 is 5.73 Å². The number of ether oxygens (including phenoxy) is 1. The van der Waals surface area contributed by atoms with Gasteiger partial charge in [0.05, 0.1) is 6.61 Å². The zero-order valence-corrected chi connectivity index (χ0v) is 10.6. The van der Waals surface area contributed by atoms with Gasteiger partial charge in [0.15, 0.2) is 5.82 Å². The molecule has 5 heteroatoms. The highest BCUT2D eigenvalue weighted by Gasteiger charge is 2.29. The molecule has 0 unspecified atom stereocenters. The first kappa shape index (κ1) is 12.5. The van der Waals surface area contributed by atoms with Gasteiger partial charge in [-0.25, -0.2) is 0 Å². The van der Waals surface area contributed by atoms with E-state index in [1.54, 1.807) is 0 Å². The normalized spacial score (nSPS) is 16.4. The molecule has 0 bridgehead atoms. The summed E-state index contributed by atoms with van der Waals surface area (Å²) in [6.45, 7) is 5.07. The van der Waals surface area contributed by atoms with Gasteiger partial charge in [-0.1, -0.05) is 19.0 Å². The lowest BCUT2D eigenvalue weighted by atomic mass is 9.96. The Kier molecular flexibility index (Phi) is 3.79. The number of nitrogens with two attached hydrogens (primary N) is 1. The molecule has 0 spiro atoms. The first-order valence-corrected chi connectivity index (χ1v) is 6.36. The number of nitrogens with zero attached hydrogens (tertiary/aromatic N) is 2. The second-order valence-corrected chi connectivity index (χ2v) is 4.89. The van der Waals surface area contributed by atoms with Crippen molar-refractivity contribution in [2.75, 3.05) is 6.61 Å². The molecule has 5 nitrogen and oxygen atoms in total. The molecule has 0 amide bonds. The molecule has 1 fully saturated rings. The van der Waals surface area contributed by atoms with E-state index in [4.69, 9.17) is 15.0 Å². The molecule has 1 aliphatic rings. The summed E-state index contributed by atoms with van der Waals surface area (Å²) in [5.74, 6) is 1.88. The molecule has 0 radical (unpaired) electrons. The molecule has 1 aliphatic carbocycles. The van der Waals surface area contributed by atoms with Crippen LogP contribution in [0.2, 0.25) is 0 Å². The Morgan fingerprint density at radius 2 is 2.12 bits per heavy atom. The van der Waals surface area contributed by atoms with Gasteiger partial charge in [-0.05, 0) is 25.7 Å². The van der Waals surface area contributed by atoms with Gasteiger partial charge < -0.3 is 15.0 Å². The largest absolute Gasteiger partial charge is 0.371 e. The lowest BCUT2D eigenvalue weighted by Gasteiger charge is -2.25. The molecular formula is C12H21N3O2. The fourth-order valence-electron chi connectivity index (χ4n) is 1.62. The summed E-state index contributed by atoms with van der Waals surface area (Å²) in [7, 11) is 0. The molecule has 96 valence electrons. The maximum atomic E-state index is 6.13. The van der Waals surface area contributed by atoms with Gasteiger partial charge >= 0.3 is 0 Å². The molecule has 1 aromatic rings. The topological polar surface area (TPSA) is 74.2 Å². The van der Waals surface area contributed by atoms with Crippen molar-refractivity contribution in [3.05, 3.63) is 11.7 Å². The van der Waals surface area contributed by atoms with E-state index in [2.05, 4.69) is 24.0 Å². The van der Waals surface area contributed by atoms with Crippen LogP contribution in [-0.4, -0.2) is 22.3 Å². The predicted octanol–water partition coefficient (Wildman–Crippen LogP) is 1.98. The average Bonchev–Trinajstić information content (AvgIpc) is 3.10. The molecule has 0 saturated heterocycles. The monoisotopic (exact) mass is 239 g/mol.